The van der Waals surface area contributed by atoms with Crippen molar-refractivity contribution in [1.29, 1.82) is 0 Å². The third kappa shape index (κ3) is 5.26. The number of rotatable bonds is 6. The second kappa shape index (κ2) is 10.1. The van der Waals surface area contributed by atoms with Crippen LogP contribution in [0, 0.1) is 5.82 Å². The molecule has 2 amide bonds. The van der Waals surface area contributed by atoms with Crippen LogP contribution in [0.2, 0.25) is 0 Å². The van der Waals surface area contributed by atoms with Gasteiger partial charge in [-0.1, -0.05) is 31.4 Å². The highest BCUT2D eigenvalue weighted by Gasteiger charge is 2.47. The minimum Gasteiger partial charge on any atom is -0.353 e. The number of amides is 2. The van der Waals surface area contributed by atoms with Crippen molar-refractivity contribution in [3.63, 3.8) is 0 Å². The second-order valence-electron chi connectivity index (χ2n) is 9.34. The minimum atomic E-state index is -0.277. The van der Waals surface area contributed by atoms with E-state index in [1.54, 1.807) is 12.1 Å². The van der Waals surface area contributed by atoms with Crippen molar-refractivity contribution in [3.05, 3.63) is 35.6 Å². The molecule has 0 aromatic heterocycles. The molecule has 4 rings (SSSR count). The molecule has 1 aliphatic carbocycles. The van der Waals surface area contributed by atoms with Gasteiger partial charge in [-0.25, -0.2) is 4.39 Å². The third-order valence-corrected chi connectivity index (χ3v) is 7.44. The first-order valence-corrected chi connectivity index (χ1v) is 11.8. The Balaban J connectivity index is 1.30. The lowest BCUT2D eigenvalue weighted by molar-refractivity contribution is -0.127. The predicted octanol–water partition coefficient (Wildman–Crippen LogP) is 2.43. The summed E-state index contributed by atoms with van der Waals surface area (Å²) in [6.07, 6.45) is 8.40. The number of nitrogens with zero attached hydrogens (tertiary/aromatic N) is 2. The maximum absolute atomic E-state index is 13.0. The van der Waals surface area contributed by atoms with E-state index in [-0.39, 0.29) is 35.8 Å². The predicted molar refractivity (Wildman–Crippen MR) is 118 cm³/mol. The SMILES string of the molecule is CN1[C@@H](CCC(=O)NCc2ccc(F)cc2)CNC(=O)[C@@H]2[C@@H]1CCN2C1CCCCC1. The van der Waals surface area contributed by atoms with Crippen molar-refractivity contribution in [1.82, 2.24) is 20.4 Å². The summed E-state index contributed by atoms with van der Waals surface area (Å²) in [6.45, 7) is 1.98. The Labute approximate surface area is 184 Å². The van der Waals surface area contributed by atoms with Gasteiger partial charge < -0.3 is 10.6 Å². The first-order valence-electron chi connectivity index (χ1n) is 11.8. The van der Waals surface area contributed by atoms with Crippen molar-refractivity contribution in [2.45, 2.75) is 82.1 Å². The van der Waals surface area contributed by atoms with Gasteiger partial charge >= 0.3 is 0 Å². The number of likely N-dealkylation sites (tertiary alicyclic amines) is 1. The standard InChI is InChI=1S/C24H35FN4O2/c1-28-20(11-12-22(30)26-15-17-7-9-18(25)10-8-17)16-27-24(31)23-21(28)13-14-29(23)19-5-3-2-4-6-19/h7-10,19-21,23H,2-6,11-16H2,1H3,(H,26,30)(H,27,31)/t20-,21-,23-/m0/s1. The highest BCUT2D eigenvalue weighted by molar-refractivity contribution is 5.83. The Morgan fingerprint density at radius 3 is 2.65 bits per heavy atom. The summed E-state index contributed by atoms with van der Waals surface area (Å²) >= 11 is 0. The Morgan fingerprint density at radius 2 is 1.90 bits per heavy atom. The molecule has 2 aliphatic heterocycles. The van der Waals surface area contributed by atoms with E-state index >= 15 is 0 Å². The van der Waals surface area contributed by atoms with E-state index in [9.17, 15) is 14.0 Å². The van der Waals surface area contributed by atoms with Crippen molar-refractivity contribution in [2.75, 3.05) is 20.1 Å². The second-order valence-corrected chi connectivity index (χ2v) is 9.34. The Bertz CT molecular complexity index is 765. The van der Waals surface area contributed by atoms with Crippen LogP contribution in [-0.2, 0) is 16.1 Å². The lowest BCUT2D eigenvalue weighted by Crippen LogP contribution is -2.53. The van der Waals surface area contributed by atoms with Gasteiger partial charge in [0, 0.05) is 44.2 Å². The van der Waals surface area contributed by atoms with Crippen LogP contribution in [0.1, 0.15) is 56.9 Å². The molecule has 3 aliphatic rings. The molecule has 2 N–H and O–H groups in total. The lowest BCUT2D eigenvalue weighted by Gasteiger charge is -2.37. The Hall–Kier alpha value is -1.99. The zero-order valence-electron chi connectivity index (χ0n) is 18.5. The molecular weight excluding hydrogens is 395 g/mol. The largest absolute Gasteiger partial charge is 0.353 e. The molecule has 2 heterocycles. The highest BCUT2D eigenvalue weighted by Crippen LogP contribution is 2.33. The normalized spacial score (nSPS) is 28.1. The Kier molecular flexibility index (Phi) is 7.23. The van der Waals surface area contributed by atoms with Gasteiger partial charge in [0.15, 0.2) is 0 Å². The van der Waals surface area contributed by atoms with Crippen LogP contribution in [-0.4, -0.2) is 65.9 Å². The van der Waals surface area contributed by atoms with Crippen molar-refractivity contribution >= 4 is 11.8 Å². The topological polar surface area (TPSA) is 64.7 Å². The van der Waals surface area contributed by atoms with E-state index in [0.29, 0.717) is 32.0 Å². The molecule has 1 aromatic carbocycles. The number of hydrogen-bond donors (Lipinski definition) is 2. The minimum absolute atomic E-state index is 0.0138. The van der Waals surface area contributed by atoms with Gasteiger partial charge in [-0.2, -0.15) is 0 Å². The smallest absolute Gasteiger partial charge is 0.239 e. The molecule has 0 unspecified atom stereocenters. The quantitative estimate of drug-likeness (QED) is 0.728. The molecule has 3 fully saturated rings. The maximum Gasteiger partial charge on any atom is 0.239 e. The summed E-state index contributed by atoms with van der Waals surface area (Å²) in [5.74, 6) is -0.135. The van der Waals surface area contributed by atoms with Crippen LogP contribution >= 0.6 is 0 Å². The zero-order chi connectivity index (χ0) is 21.8. The number of nitrogens with one attached hydrogen (secondary N) is 2. The number of benzene rings is 1. The van der Waals surface area contributed by atoms with E-state index in [1.165, 1.54) is 44.2 Å². The molecule has 0 bridgehead atoms. The first-order chi connectivity index (χ1) is 15.0. The molecule has 6 nitrogen and oxygen atoms in total. The molecule has 7 heteroatoms. The average Bonchev–Trinajstić information content (AvgIpc) is 3.19. The van der Waals surface area contributed by atoms with Gasteiger partial charge in [0.05, 0.1) is 0 Å². The van der Waals surface area contributed by atoms with Crippen LogP contribution < -0.4 is 10.6 Å². The third-order valence-electron chi connectivity index (χ3n) is 7.44. The number of halogens is 1. The van der Waals surface area contributed by atoms with E-state index in [1.807, 2.05) is 0 Å². The van der Waals surface area contributed by atoms with Crippen LogP contribution in [0.15, 0.2) is 24.3 Å². The highest BCUT2D eigenvalue weighted by atomic mass is 19.1. The number of fused-ring (bicyclic) bond motifs is 1. The zero-order valence-corrected chi connectivity index (χ0v) is 18.5. The monoisotopic (exact) mass is 430 g/mol. The number of carbonyl (C=O) groups excluding carboxylic acids is 2. The summed E-state index contributed by atoms with van der Waals surface area (Å²) in [6, 6.07) is 7.02. The molecular formula is C24H35FN4O2. The van der Waals surface area contributed by atoms with Gasteiger partial charge in [0.25, 0.3) is 0 Å². The van der Waals surface area contributed by atoms with Crippen molar-refractivity contribution in [2.24, 2.45) is 0 Å². The first kappa shape index (κ1) is 22.2. The van der Waals surface area contributed by atoms with Crippen LogP contribution in [0.5, 0.6) is 0 Å². The molecule has 170 valence electrons. The van der Waals surface area contributed by atoms with Gasteiger partial charge in [-0.15, -0.1) is 0 Å². The summed E-state index contributed by atoms with van der Waals surface area (Å²) in [5.41, 5.74) is 0.880. The van der Waals surface area contributed by atoms with Gasteiger partial charge in [-0.05, 0) is 50.4 Å². The van der Waals surface area contributed by atoms with Crippen molar-refractivity contribution in [3.8, 4) is 0 Å². The molecule has 1 aromatic rings. The molecule has 3 atom stereocenters. The number of likely N-dealkylation sites (N-methyl/N-ethyl adjacent to an activating group) is 1. The fraction of sp³-hybridized carbons (Fsp3) is 0.667. The molecule has 0 spiro atoms. The van der Waals surface area contributed by atoms with Crippen LogP contribution in [0.4, 0.5) is 4.39 Å². The van der Waals surface area contributed by atoms with E-state index < -0.39 is 0 Å². The summed E-state index contributed by atoms with van der Waals surface area (Å²) < 4.78 is 13.0. The lowest BCUT2D eigenvalue weighted by atomic mass is 9.93. The fourth-order valence-corrected chi connectivity index (χ4v) is 5.61. The fourth-order valence-electron chi connectivity index (χ4n) is 5.61. The van der Waals surface area contributed by atoms with E-state index in [4.69, 9.17) is 0 Å². The molecule has 31 heavy (non-hydrogen) atoms. The van der Waals surface area contributed by atoms with Gasteiger partial charge in [-0.3, -0.25) is 19.4 Å². The number of hydrogen-bond acceptors (Lipinski definition) is 4. The molecule has 0 radical (unpaired) electrons. The summed E-state index contributed by atoms with van der Waals surface area (Å²) in [5, 5.41) is 6.08. The van der Waals surface area contributed by atoms with Crippen molar-refractivity contribution < 1.29 is 14.0 Å². The van der Waals surface area contributed by atoms with E-state index in [0.717, 1.165) is 18.5 Å². The molecule has 2 saturated heterocycles. The van der Waals surface area contributed by atoms with Crippen LogP contribution in [0.3, 0.4) is 0 Å². The summed E-state index contributed by atoms with van der Waals surface area (Å²) in [4.78, 5) is 30.2. The van der Waals surface area contributed by atoms with Crippen LogP contribution in [0.25, 0.3) is 0 Å². The average molecular weight is 431 g/mol. The number of carbonyl (C=O) groups is 2. The molecule has 1 saturated carbocycles. The summed E-state index contributed by atoms with van der Waals surface area (Å²) in [7, 11) is 2.11. The maximum atomic E-state index is 13.0. The Morgan fingerprint density at radius 1 is 1.16 bits per heavy atom. The van der Waals surface area contributed by atoms with E-state index in [2.05, 4.69) is 27.5 Å². The van der Waals surface area contributed by atoms with Gasteiger partial charge in [0.2, 0.25) is 11.8 Å². The van der Waals surface area contributed by atoms with Gasteiger partial charge in [0.1, 0.15) is 11.9 Å².